The molecule has 1 saturated heterocycles. The Morgan fingerprint density at radius 3 is 2.42 bits per heavy atom. The van der Waals surface area contributed by atoms with Gasteiger partial charge in [-0.05, 0) is 0 Å². The molecule has 0 aliphatic carbocycles. The van der Waals surface area contributed by atoms with Crippen molar-refractivity contribution in [2.75, 3.05) is 0 Å². The molecule has 2 N–H and O–H groups in total. The third kappa shape index (κ3) is 1.11. The van der Waals surface area contributed by atoms with E-state index in [2.05, 4.69) is 23.8 Å². The summed E-state index contributed by atoms with van der Waals surface area (Å²) >= 11 is 0. The zero-order valence-corrected chi connectivity index (χ0v) is 6.59. The second-order valence-electron chi connectivity index (χ2n) is 2.58. The molecule has 0 saturated carbocycles. The molecule has 1 fully saturated rings. The highest BCUT2D eigenvalue weighted by Crippen LogP contribution is 2.16. The maximum Gasteiger partial charge on any atom is 0.322 e. The van der Waals surface area contributed by atoms with Crippen molar-refractivity contribution < 1.29 is 9.59 Å². The summed E-state index contributed by atoms with van der Waals surface area (Å²) < 4.78 is 0. The number of imide groups is 1. The fourth-order valence-corrected chi connectivity index (χ4v) is 1.10. The number of hydrogen-bond acceptors (Lipinski definition) is 2. The number of carbonyl (C=O) groups is 2. The van der Waals surface area contributed by atoms with Gasteiger partial charge in [-0.25, -0.2) is 4.79 Å². The molecule has 1 atom stereocenters. The van der Waals surface area contributed by atoms with Gasteiger partial charge in [0.1, 0.15) is 5.54 Å². The van der Waals surface area contributed by atoms with E-state index in [1.165, 1.54) is 6.08 Å². The number of amides is 3. The summed E-state index contributed by atoms with van der Waals surface area (Å²) in [4.78, 5) is 22.0. The SMILES string of the molecule is C=CCC1(C=C)NC(=O)NC1=O. The van der Waals surface area contributed by atoms with Crippen LogP contribution in [0.1, 0.15) is 6.42 Å². The predicted molar refractivity (Wildman–Crippen MR) is 44.4 cm³/mol. The summed E-state index contributed by atoms with van der Waals surface area (Å²) in [7, 11) is 0. The fourth-order valence-electron chi connectivity index (χ4n) is 1.10. The van der Waals surface area contributed by atoms with Gasteiger partial charge >= 0.3 is 6.03 Å². The van der Waals surface area contributed by atoms with Gasteiger partial charge in [-0.15, -0.1) is 13.2 Å². The van der Waals surface area contributed by atoms with Crippen molar-refractivity contribution in [3.63, 3.8) is 0 Å². The number of urea groups is 1. The molecular weight excluding hydrogens is 156 g/mol. The Morgan fingerprint density at radius 1 is 1.42 bits per heavy atom. The first-order valence-corrected chi connectivity index (χ1v) is 3.53. The van der Waals surface area contributed by atoms with Crippen molar-refractivity contribution in [3.05, 3.63) is 25.3 Å². The van der Waals surface area contributed by atoms with Crippen LogP contribution in [0.15, 0.2) is 25.3 Å². The summed E-state index contributed by atoms with van der Waals surface area (Å²) in [5.41, 5.74) is -0.987. The molecular formula is C8H10N2O2. The van der Waals surface area contributed by atoms with Gasteiger partial charge in [-0.2, -0.15) is 0 Å². The van der Waals surface area contributed by atoms with E-state index in [1.807, 2.05) is 0 Å². The molecule has 3 amide bonds. The van der Waals surface area contributed by atoms with E-state index in [0.717, 1.165) is 0 Å². The van der Waals surface area contributed by atoms with Crippen LogP contribution in [-0.4, -0.2) is 17.5 Å². The van der Waals surface area contributed by atoms with Crippen LogP contribution >= 0.6 is 0 Å². The Labute approximate surface area is 70.3 Å². The minimum atomic E-state index is -0.987. The average molecular weight is 166 g/mol. The van der Waals surface area contributed by atoms with Crippen LogP contribution in [0.5, 0.6) is 0 Å². The molecule has 4 heteroatoms. The van der Waals surface area contributed by atoms with Crippen molar-refractivity contribution in [1.82, 2.24) is 10.6 Å². The number of nitrogens with one attached hydrogen (secondary N) is 2. The van der Waals surface area contributed by atoms with Gasteiger partial charge < -0.3 is 5.32 Å². The van der Waals surface area contributed by atoms with E-state index < -0.39 is 11.6 Å². The lowest BCUT2D eigenvalue weighted by atomic mass is 9.96. The van der Waals surface area contributed by atoms with Crippen LogP contribution < -0.4 is 10.6 Å². The largest absolute Gasteiger partial charge is 0.322 e. The molecule has 0 aromatic carbocycles. The van der Waals surface area contributed by atoms with Crippen molar-refractivity contribution in [2.24, 2.45) is 0 Å². The van der Waals surface area contributed by atoms with E-state index in [4.69, 9.17) is 0 Å². The second kappa shape index (κ2) is 2.81. The first kappa shape index (κ1) is 8.52. The highest BCUT2D eigenvalue weighted by atomic mass is 16.2. The lowest BCUT2D eigenvalue weighted by Crippen LogP contribution is -2.44. The van der Waals surface area contributed by atoms with Crippen molar-refractivity contribution in [1.29, 1.82) is 0 Å². The Hall–Kier alpha value is -1.58. The van der Waals surface area contributed by atoms with Crippen LogP contribution in [0.25, 0.3) is 0 Å². The maximum absolute atomic E-state index is 11.2. The van der Waals surface area contributed by atoms with Gasteiger partial charge in [0.25, 0.3) is 5.91 Å². The smallest absolute Gasteiger partial charge is 0.320 e. The number of rotatable bonds is 3. The molecule has 1 aliphatic heterocycles. The van der Waals surface area contributed by atoms with Gasteiger partial charge in [0.15, 0.2) is 0 Å². The third-order valence-corrected chi connectivity index (χ3v) is 1.78. The molecule has 0 aromatic heterocycles. The lowest BCUT2D eigenvalue weighted by molar-refractivity contribution is -0.122. The summed E-state index contributed by atoms with van der Waals surface area (Å²) in [5.74, 6) is -0.373. The van der Waals surface area contributed by atoms with E-state index in [9.17, 15) is 9.59 Å². The molecule has 1 unspecified atom stereocenters. The Bertz CT molecular complexity index is 260. The molecule has 0 aromatic rings. The lowest BCUT2D eigenvalue weighted by Gasteiger charge is -2.18. The second-order valence-corrected chi connectivity index (χ2v) is 2.58. The van der Waals surface area contributed by atoms with Crippen LogP contribution in [0, 0.1) is 0 Å². The van der Waals surface area contributed by atoms with Crippen molar-refractivity contribution in [3.8, 4) is 0 Å². The Morgan fingerprint density at radius 2 is 2.08 bits per heavy atom. The fraction of sp³-hybridized carbons (Fsp3) is 0.250. The highest BCUT2D eigenvalue weighted by Gasteiger charge is 2.42. The van der Waals surface area contributed by atoms with E-state index >= 15 is 0 Å². The van der Waals surface area contributed by atoms with Crippen LogP contribution in [0.4, 0.5) is 4.79 Å². The van der Waals surface area contributed by atoms with Gasteiger partial charge in [0, 0.05) is 6.42 Å². The van der Waals surface area contributed by atoms with Gasteiger partial charge in [-0.3, -0.25) is 10.1 Å². The molecule has 64 valence electrons. The van der Waals surface area contributed by atoms with Crippen molar-refractivity contribution in [2.45, 2.75) is 12.0 Å². The summed E-state index contributed by atoms with van der Waals surface area (Å²) in [5, 5.41) is 4.61. The minimum absolute atomic E-state index is 0.355. The standard InChI is InChI=1S/C8H10N2O2/c1-3-5-8(4-2)6(11)9-7(12)10-8/h3-4H,1-2,5H2,(H2,9,10,11,12). The van der Waals surface area contributed by atoms with Gasteiger partial charge in [-0.1, -0.05) is 12.2 Å². The maximum atomic E-state index is 11.2. The minimum Gasteiger partial charge on any atom is -0.320 e. The zero-order chi connectivity index (χ0) is 9.19. The van der Waals surface area contributed by atoms with Crippen LogP contribution in [0.3, 0.4) is 0 Å². The van der Waals surface area contributed by atoms with Gasteiger partial charge in [0.05, 0.1) is 0 Å². The van der Waals surface area contributed by atoms with Crippen LogP contribution in [0.2, 0.25) is 0 Å². The average Bonchev–Trinajstić information content (AvgIpc) is 2.28. The quantitative estimate of drug-likeness (QED) is 0.468. The van der Waals surface area contributed by atoms with E-state index in [1.54, 1.807) is 6.08 Å². The van der Waals surface area contributed by atoms with E-state index in [0.29, 0.717) is 6.42 Å². The summed E-state index contributed by atoms with van der Waals surface area (Å²) in [6, 6.07) is -0.484. The number of hydrogen-bond donors (Lipinski definition) is 2. The Balaban J connectivity index is 2.92. The molecule has 0 spiro atoms. The number of carbonyl (C=O) groups excluding carboxylic acids is 2. The molecule has 1 aliphatic rings. The molecule has 12 heavy (non-hydrogen) atoms. The molecule has 1 heterocycles. The molecule has 0 bridgehead atoms. The topological polar surface area (TPSA) is 58.2 Å². The van der Waals surface area contributed by atoms with Crippen molar-refractivity contribution >= 4 is 11.9 Å². The third-order valence-electron chi connectivity index (χ3n) is 1.78. The zero-order valence-electron chi connectivity index (χ0n) is 6.59. The molecule has 4 nitrogen and oxygen atoms in total. The van der Waals surface area contributed by atoms with Crippen LogP contribution in [-0.2, 0) is 4.79 Å². The summed E-state index contributed by atoms with van der Waals surface area (Å²) in [6.45, 7) is 6.99. The monoisotopic (exact) mass is 166 g/mol. The Kier molecular flexibility index (Phi) is 1.99. The normalized spacial score (nSPS) is 27.7. The molecule has 0 radical (unpaired) electrons. The first-order chi connectivity index (χ1) is 5.64. The van der Waals surface area contributed by atoms with Gasteiger partial charge in [0.2, 0.25) is 0 Å². The predicted octanol–water partition coefficient (Wildman–Crippen LogP) is 0.327. The first-order valence-electron chi connectivity index (χ1n) is 3.53. The summed E-state index contributed by atoms with van der Waals surface area (Å²) in [6.07, 6.45) is 3.33. The molecule has 1 rings (SSSR count). The van der Waals surface area contributed by atoms with E-state index in [-0.39, 0.29) is 5.91 Å². The highest BCUT2D eigenvalue weighted by molar-refractivity contribution is 6.08.